The Balaban J connectivity index is 1.69. The van der Waals surface area contributed by atoms with E-state index in [2.05, 4.69) is 6.92 Å². The first kappa shape index (κ1) is 19.3. The van der Waals surface area contributed by atoms with Crippen LogP contribution in [0.15, 0.2) is 0 Å². The summed E-state index contributed by atoms with van der Waals surface area (Å²) < 4.78 is 0. The molecule has 150 valence electrons. The Kier molecular flexibility index (Phi) is 6.69. The SMILES string of the molecule is CC1CCC(C(C2CCCCC2)(C2CCCCC2)C2CCCCC2)CC1. The third-order valence-corrected chi connectivity index (χ3v) is 9.66. The van der Waals surface area contributed by atoms with Crippen LogP contribution >= 0.6 is 0 Å². The van der Waals surface area contributed by atoms with Gasteiger partial charge in [0.1, 0.15) is 0 Å². The van der Waals surface area contributed by atoms with Crippen molar-refractivity contribution in [2.45, 2.75) is 129 Å². The van der Waals surface area contributed by atoms with Crippen molar-refractivity contribution in [1.29, 1.82) is 0 Å². The van der Waals surface area contributed by atoms with Crippen molar-refractivity contribution in [3.8, 4) is 0 Å². The lowest BCUT2D eigenvalue weighted by Crippen LogP contribution is -2.52. The smallest absolute Gasteiger partial charge is 0.0184 e. The Labute approximate surface area is 164 Å². The molecule has 0 heterocycles. The lowest BCUT2D eigenvalue weighted by Gasteiger charge is -2.60. The van der Waals surface area contributed by atoms with Gasteiger partial charge in [0.25, 0.3) is 0 Å². The van der Waals surface area contributed by atoms with Gasteiger partial charge in [0, 0.05) is 0 Å². The van der Waals surface area contributed by atoms with Gasteiger partial charge in [0.2, 0.25) is 0 Å². The van der Waals surface area contributed by atoms with Crippen LogP contribution in [0.4, 0.5) is 0 Å². The third-order valence-electron chi connectivity index (χ3n) is 9.66. The number of hydrogen-bond acceptors (Lipinski definition) is 0. The lowest BCUT2D eigenvalue weighted by atomic mass is 9.45. The molecule has 4 rings (SSSR count). The van der Waals surface area contributed by atoms with Crippen LogP contribution in [-0.4, -0.2) is 0 Å². The first-order valence-electron chi connectivity index (χ1n) is 12.8. The van der Waals surface area contributed by atoms with Gasteiger partial charge in [-0.2, -0.15) is 0 Å². The molecule has 4 fully saturated rings. The topological polar surface area (TPSA) is 0 Å². The van der Waals surface area contributed by atoms with Crippen LogP contribution in [0.1, 0.15) is 129 Å². The molecule has 0 atom stereocenters. The Bertz CT molecular complexity index is 352. The summed E-state index contributed by atoms with van der Waals surface area (Å²) in [5, 5.41) is 0. The van der Waals surface area contributed by atoms with E-state index in [1.54, 1.807) is 103 Å². The van der Waals surface area contributed by atoms with Crippen LogP contribution in [0.5, 0.6) is 0 Å². The molecule has 0 nitrogen and oxygen atoms in total. The van der Waals surface area contributed by atoms with E-state index in [1.807, 2.05) is 0 Å². The molecular formula is C26H46. The molecule has 0 N–H and O–H groups in total. The van der Waals surface area contributed by atoms with Crippen molar-refractivity contribution < 1.29 is 0 Å². The predicted octanol–water partition coefficient (Wildman–Crippen LogP) is 8.54. The van der Waals surface area contributed by atoms with E-state index in [0.717, 1.165) is 35.0 Å². The van der Waals surface area contributed by atoms with Crippen molar-refractivity contribution in [1.82, 2.24) is 0 Å². The maximum absolute atomic E-state index is 2.53. The van der Waals surface area contributed by atoms with Crippen LogP contribution in [-0.2, 0) is 0 Å². The van der Waals surface area contributed by atoms with E-state index in [0.29, 0.717) is 0 Å². The van der Waals surface area contributed by atoms with E-state index in [9.17, 15) is 0 Å². The molecule has 0 radical (unpaired) electrons. The summed E-state index contributed by atoms with van der Waals surface area (Å²) in [6.45, 7) is 2.53. The van der Waals surface area contributed by atoms with Gasteiger partial charge >= 0.3 is 0 Å². The fourth-order valence-electron chi connectivity index (χ4n) is 8.57. The molecule has 0 aliphatic heterocycles. The highest BCUT2D eigenvalue weighted by Crippen LogP contribution is 2.63. The normalized spacial score (nSPS) is 34.0. The van der Waals surface area contributed by atoms with Crippen LogP contribution in [0, 0.1) is 35.0 Å². The first-order chi connectivity index (χ1) is 12.8. The molecule has 4 aliphatic rings. The average molecular weight is 359 g/mol. The van der Waals surface area contributed by atoms with Gasteiger partial charge in [-0.15, -0.1) is 0 Å². The van der Waals surface area contributed by atoms with E-state index in [-0.39, 0.29) is 0 Å². The molecule has 0 saturated heterocycles. The Morgan fingerprint density at radius 2 is 0.692 bits per heavy atom. The third kappa shape index (κ3) is 3.77. The van der Waals surface area contributed by atoms with E-state index < -0.39 is 0 Å². The Morgan fingerprint density at radius 3 is 1.04 bits per heavy atom. The predicted molar refractivity (Wildman–Crippen MR) is 113 cm³/mol. The van der Waals surface area contributed by atoms with Crippen molar-refractivity contribution in [2.24, 2.45) is 35.0 Å². The van der Waals surface area contributed by atoms with Crippen LogP contribution in [0.25, 0.3) is 0 Å². The summed E-state index contributed by atoms with van der Waals surface area (Å²) >= 11 is 0. The molecule has 0 bridgehead atoms. The van der Waals surface area contributed by atoms with Crippen LogP contribution in [0.3, 0.4) is 0 Å². The van der Waals surface area contributed by atoms with E-state index >= 15 is 0 Å². The standard InChI is InChI=1S/C26H46/c1-21-17-19-25(20-18-21)26(22-11-5-2-6-12-22,23-13-7-3-8-14-23)24-15-9-4-10-16-24/h21-25H,2-20H2,1H3. The fraction of sp³-hybridized carbons (Fsp3) is 1.00. The van der Waals surface area contributed by atoms with Gasteiger partial charge in [-0.25, -0.2) is 0 Å². The molecule has 4 aliphatic carbocycles. The second kappa shape index (κ2) is 9.00. The van der Waals surface area contributed by atoms with Crippen molar-refractivity contribution in [2.75, 3.05) is 0 Å². The monoisotopic (exact) mass is 358 g/mol. The molecule has 0 aromatic heterocycles. The lowest BCUT2D eigenvalue weighted by molar-refractivity contribution is -0.109. The van der Waals surface area contributed by atoms with E-state index in [4.69, 9.17) is 0 Å². The fourth-order valence-corrected chi connectivity index (χ4v) is 8.57. The van der Waals surface area contributed by atoms with Crippen molar-refractivity contribution >= 4 is 0 Å². The molecule has 0 heteroatoms. The molecular weight excluding hydrogens is 312 g/mol. The quantitative estimate of drug-likeness (QED) is 0.472. The maximum Gasteiger partial charge on any atom is -0.0184 e. The minimum absolute atomic E-state index is 0.765. The molecule has 0 aromatic rings. The average Bonchev–Trinajstić information content (AvgIpc) is 2.72. The largest absolute Gasteiger partial charge is 0.0625 e. The van der Waals surface area contributed by atoms with Gasteiger partial charge in [0.05, 0.1) is 0 Å². The zero-order valence-electron chi connectivity index (χ0n) is 17.8. The molecule has 4 saturated carbocycles. The summed E-state index contributed by atoms with van der Waals surface area (Å²) in [6, 6.07) is 0. The highest BCUT2D eigenvalue weighted by atomic mass is 14.6. The summed E-state index contributed by atoms with van der Waals surface area (Å²) in [7, 11) is 0. The minimum Gasteiger partial charge on any atom is -0.0625 e. The first-order valence-corrected chi connectivity index (χ1v) is 12.8. The van der Waals surface area contributed by atoms with Gasteiger partial charge in [0.15, 0.2) is 0 Å². The van der Waals surface area contributed by atoms with Crippen molar-refractivity contribution in [3.05, 3.63) is 0 Å². The summed E-state index contributed by atoms with van der Waals surface area (Å²) in [5.74, 6) is 5.39. The highest BCUT2D eigenvalue weighted by molar-refractivity contribution is 5.03. The number of rotatable bonds is 4. The Morgan fingerprint density at radius 1 is 0.385 bits per heavy atom. The van der Waals surface area contributed by atoms with Crippen LogP contribution < -0.4 is 0 Å². The van der Waals surface area contributed by atoms with Gasteiger partial charge in [-0.1, -0.05) is 77.6 Å². The summed E-state index contributed by atoms with van der Waals surface area (Å²) in [4.78, 5) is 0. The van der Waals surface area contributed by atoms with E-state index in [1.165, 1.54) is 19.3 Å². The minimum atomic E-state index is 0.765. The van der Waals surface area contributed by atoms with Gasteiger partial charge in [-0.3, -0.25) is 0 Å². The second-order valence-electron chi connectivity index (χ2n) is 11.0. The maximum atomic E-state index is 2.53. The van der Waals surface area contributed by atoms with Crippen LogP contribution in [0.2, 0.25) is 0 Å². The second-order valence-corrected chi connectivity index (χ2v) is 11.0. The Hall–Kier alpha value is 0. The molecule has 26 heavy (non-hydrogen) atoms. The molecule has 0 spiro atoms. The highest BCUT2D eigenvalue weighted by Gasteiger charge is 2.54. The molecule has 0 amide bonds. The zero-order chi connectivity index (χ0) is 17.8. The van der Waals surface area contributed by atoms with Crippen molar-refractivity contribution in [3.63, 3.8) is 0 Å². The number of hydrogen-bond donors (Lipinski definition) is 0. The van der Waals surface area contributed by atoms with Gasteiger partial charge < -0.3 is 0 Å². The zero-order valence-corrected chi connectivity index (χ0v) is 17.8. The summed E-state index contributed by atoms with van der Waals surface area (Å²) in [6.07, 6.45) is 29.7. The summed E-state index contributed by atoms with van der Waals surface area (Å²) in [5.41, 5.74) is 0.765. The van der Waals surface area contributed by atoms with Gasteiger partial charge in [-0.05, 0) is 86.4 Å². The molecule has 0 unspecified atom stereocenters. The molecule has 0 aromatic carbocycles.